The van der Waals surface area contributed by atoms with Gasteiger partial charge in [-0.2, -0.15) is 0 Å². The number of esters is 1. The quantitative estimate of drug-likeness (QED) is 0.395. The molecule has 0 radical (unpaired) electrons. The van der Waals surface area contributed by atoms with Gasteiger partial charge in [-0.3, -0.25) is 0 Å². The molecule has 0 aromatic heterocycles. The molecule has 20 heavy (non-hydrogen) atoms. The molecule has 0 atom stereocenters. The Kier molecular flexibility index (Phi) is 14.3. The number of carbonyl (C=O) groups is 2. The molecule has 1 N–H and O–H groups in total. The van der Waals surface area contributed by atoms with E-state index in [9.17, 15) is 9.59 Å². The van der Waals surface area contributed by atoms with Gasteiger partial charge >= 0.3 is 11.9 Å². The zero-order chi connectivity index (χ0) is 16.0. The Morgan fingerprint density at radius 2 is 1.80 bits per heavy atom. The maximum absolute atomic E-state index is 11.2. The van der Waals surface area contributed by atoms with Crippen LogP contribution in [0.25, 0.3) is 0 Å². The summed E-state index contributed by atoms with van der Waals surface area (Å²) in [5.41, 5.74) is 0.612. The van der Waals surface area contributed by atoms with Crippen LogP contribution in [0.3, 0.4) is 0 Å². The van der Waals surface area contributed by atoms with E-state index in [0.717, 1.165) is 24.8 Å². The van der Waals surface area contributed by atoms with Crippen LogP contribution >= 0.6 is 0 Å². The largest absolute Gasteiger partial charge is 0.478 e. The first-order valence-corrected chi connectivity index (χ1v) is 7.05. The Hall–Kier alpha value is -1.58. The van der Waals surface area contributed by atoms with Crippen LogP contribution in [-0.4, -0.2) is 23.7 Å². The zero-order valence-corrected chi connectivity index (χ0v) is 13.0. The number of carboxylic acids is 1. The Morgan fingerprint density at radius 1 is 1.25 bits per heavy atom. The number of unbranched alkanes of at least 4 members (excludes halogenated alkanes) is 2. The molecule has 4 nitrogen and oxygen atoms in total. The van der Waals surface area contributed by atoms with Crippen molar-refractivity contribution in [3.63, 3.8) is 0 Å². The van der Waals surface area contributed by atoms with Gasteiger partial charge in [0.2, 0.25) is 0 Å². The molecule has 0 aromatic rings. The van der Waals surface area contributed by atoms with Gasteiger partial charge in [0, 0.05) is 11.6 Å². The van der Waals surface area contributed by atoms with E-state index in [1.54, 1.807) is 0 Å². The third-order valence-corrected chi connectivity index (χ3v) is 2.50. The Labute approximate surface area is 122 Å². The van der Waals surface area contributed by atoms with Crippen LogP contribution in [0.4, 0.5) is 0 Å². The van der Waals surface area contributed by atoms with Gasteiger partial charge in [-0.1, -0.05) is 46.3 Å². The molecule has 0 aliphatic rings. The molecule has 0 aliphatic carbocycles. The third kappa shape index (κ3) is 16.4. The lowest BCUT2D eigenvalue weighted by Gasteiger charge is -2.06. The summed E-state index contributed by atoms with van der Waals surface area (Å²) in [7, 11) is 0. The van der Waals surface area contributed by atoms with Crippen molar-refractivity contribution in [2.24, 2.45) is 5.92 Å². The van der Waals surface area contributed by atoms with E-state index in [4.69, 9.17) is 9.84 Å². The molecule has 0 saturated carbocycles. The second-order valence-corrected chi connectivity index (χ2v) is 4.86. The van der Waals surface area contributed by atoms with E-state index in [0.29, 0.717) is 12.2 Å². The van der Waals surface area contributed by atoms with Gasteiger partial charge in [0.1, 0.15) is 0 Å². The molecule has 116 valence electrons. The van der Waals surface area contributed by atoms with Gasteiger partial charge < -0.3 is 9.84 Å². The number of carboxylic acid groups (broad SMARTS) is 1. The van der Waals surface area contributed by atoms with E-state index in [-0.39, 0.29) is 5.97 Å². The first-order chi connectivity index (χ1) is 9.34. The van der Waals surface area contributed by atoms with Gasteiger partial charge in [-0.25, -0.2) is 9.59 Å². The van der Waals surface area contributed by atoms with Crippen LogP contribution in [0.15, 0.2) is 24.8 Å². The average molecular weight is 284 g/mol. The van der Waals surface area contributed by atoms with E-state index in [1.807, 2.05) is 6.92 Å². The molecular weight excluding hydrogens is 256 g/mol. The smallest absolute Gasteiger partial charge is 0.333 e. The molecular formula is C16H28O4. The number of rotatable bonds is 9. The normalized spacial score (nSPS) is 9.40. The van der Waals surface area contributed by atoms with Crippen LogP contribution < -0.4 is 0 Å². The third-order valence-electron chi connectivity index (χ3n) is 2.50. The highest BCUT2D eigenvalue weighted by atomic mass is 16.5. The summed E-state index contributed by atoms with van der Waals surface area (Å²) < 4.78 is 4.86. The van der Waals surface area contributed by atoms with Crippen LogP contribution in [0, 0.1) is 5.92 Å². The summed E-state index contributed by atoms with van der Waals surface area (Å²) in [6.07, 6.45) is 6.34. The summed E-state index contributed by atoms with van der Waals surface area (Å²) in [4.78, 5) is 20.4. The first kappa shape index (κ1) is 20.7. The van der Waals surface area contributed by atoms with Gasteiger partial charge in [-0.15, -0.1) is 0 Å². The van der Waals surface area contributed by atoms with Crippen LogP contribution in [0.5, 0.6) is 0 Å². The number of carbonyl (C=O) groups excluding carboxylic acids is 1. The topological polar surface area (TPSA) is 63.6 Å². The van der Waals surface area contributed by atoms with Gasteiger partial charge in [0.15, 0.2) is 0 Å². The van der Waals surface area contributed by atoms with Crippen molar-refractivity contribution in [2.45, 2.75) is 52.9 Å². The molecule has 0 fully saturated rings. The van der Waals surface area contributed by atoms with Crippen molar-refractivity contribution in [3.05, 3.63) is 24.8 Å². The molecule has 4 heteroatoms. The average Bonchev–Trinajstić information content (AvgIpc) is 2.38. The minimum atomic E-state index is -0.981. The SMILES string of the molecule is C=C(CCCCCC(C)C)C(=O)OCC.C=CC(=O)O. The monoisotopic (exact) mass is 284 g/mol. The van der Waals surface area contributed by atoms with Crippen molar-refractivity contribution in [2.75, 3.05) is 6.61 Å². The van der Waals surface area contributed by atoms with E-state index in [2.05, 4.69) is 27.0 Å². The predicted molar refractivity (Wildman–Crippen MR) is 81.5 cm³/mol. The molecule has 0 unspecified atom stereocenters. The highest BCUT2D eigenvalue weighted by Gasteiger charge is 2.06. The van der Waals surface area contributed by atoms with E-state index in [1.165, 1.54) is 19.3 Å². The highest BCUT2D eigenvalue weighted by molar-refractivity contribution is 5.87. The Balaban J connectivity index is 0. The number of hydrogen-bond donors (Lipinski definition) is 1. The lowest BCUT2D eigenvalue weighted by Crippen LogP contribution is -2.06. The molecule has 0 aromatic carbocycles. The van der Waals surface area contributed by atoms with Crippen molar-refractivity contribution in [1.29, 1.82) is 0 Å². The Bertz CT molecular complexity index is 306. The molecule has 0 spiro atoms. The first-order valence-electron chi connectivity index (χ1n) is 7.05. The lowest BCUT2D eigenvalue weighted by molar-refractivity contribution is -0.138. The van der Waals surface area contributed by atoms with Crippen LogP contribution in [-0.2, 0) is 14.3 Å². The molecule has 0 aliphatic heterocycles. The number of ether oxygens (including phenoxy) is 1. The predicted octanol–water partition coefficient (Wildman–Crippen LogP) is 3.97. The van der Waals surface area contributed by atoms with E-state index < -0.39 is 5.97 Å². The summed E-state index contributed by atoms with van der Waals surface area (Å²) in [5, 5.41) is 7.60. The lowest BCUT2D eigenvalue weighted by atomic mass is 10.0. The van der Waals surface area contributed by atoms with Crippen LogP contribution in [0.2, 0.25) is 0 Å². The molecule has 0 saturated heterocycles. The molecule has 0 bridgehead atoms. The fourth-order valence-electron chi connectivity index (χ4n) is 1.40. The summed E-state index contributed by atoms with van der Waals surface area (Å²) in [5.74, 6) is -0.440. The van der Waals surface area contributed by atoms with E-state index >= 15 is 0 Å². The van der Waals surface area contributed by atoms with Gasteiger partial charge in [0.05, 0.1) is 6.61 Å². The van der Waals surface area contributed by atoms with Crippen LogP contribution in [0.1, 0.15) is 52.9 Å². The standard InChI is InChI=1S/C13H24O2.C3H4O2/c1-5-15-13(14)12(4)10-8-6-7-9-11(2)3;1-2-3(4)5/h11H,4-10H2,1-3H3;2H,1H2,(H,4,5). The second-order valence-electron chi connectivity index (χ2n) is 4.86. The van der Waals surface area contributed by atoms with Gasteiger partial charge in [0.25, 0.3) is 0 Å². The minimum absolute atomic E-state index is 0.235. The van der Waals surface area contributed by atoms with Crippen molar-refractivity contribution >= 4 is 11.9 Å². The fraction of sp³-hybridized carbons (Fsp3) is 0.625. The Morgan fingerprint density at radius 3 is 2.20 bits per heavy atom. The summed E-state index contributed by atoms with van der Waals surface area (Å²) in [6.45, 7) is 13.4. The zero-order valence-electron chi connectivity index (χ0n) is 13.0. The summed E-state index contributed by atoms with van der Waals surface area (Å²) in [6, 6.07) is 0. The highest BCUT2D eigenvalue weighted by Crippen LogP contribution is 2.12. The van der Waals surface area contributed by atoms with Gasteiger partial charge in [-0.05, 0) is 25.7 Å². The van der Waals surface area contributed by atoms with Crippen molar-refractivity contribution in [3.8, 4) is 0 Å². The molecule has 0 amide bonds. The summed E-state index contributed by atoms with van der Waals surface area (Å²) >= 11 is 0. The fourth-order valence-corrected chi connectivity index (χ4v) is 1.40. The minimum Gasteiger partial charge on any atom is -0.478 e. The molecule has 0 rings (SSSR count). The van der Waals surface area contributed by atoms with Crippen molar-refractivity contribution < 1.29 is 19.4 Å². The maximum Gasteiger partial charge on any atom is 0.333 e. The molecule has 0 heterocycles. The van der Waals surface area contributed by atoms with Crippen molar-refractivity contribution in [1.82, 2.24) is 0 Å². The number of hydrogen-bond acceptors (Lipinski definition) is 3. The maximum atomic E-state index is 11.2. The number of aliphatic carboxylic acids is 1. The second kappa shape index (κ2) is 13.8.